The molecule has 0 unspecified atom stereocenters. The summed E-state index contributed by atoms with van der Waals surface area (Å²) >= 11 is 3.27. The highest BCUT2D eigenvalue weighted by molar-refractivity contribution is 9.08. The van der Waals surface area contributed by atoms with Crippen LogP contribution in [0.4, 0.5) is 13.2 Å². The first-order valence-corrected chi connectivity index (χ1v) is 6.20. The van der Waals surface area contributed by atoms with E-state index in [1.54, 1.807) is 6.92 Å². The molecule has 0 radical (unpaired) electrons. The fourth-order valence-corrected chi connectivity index (χ4v) is 1.95. The van der Waals surface area contributed by atoms with Crippen molar-refractivity contribution in [1.29, 1.82) is 0 Å². The molecule has 0 aliphatic carbocycles. The van der Waals surface area contributed by atoms with Gasteiger partial charge in [0.2, 0.25) is 0 Å². The Morgan fingerprint density at radius 2 is 1.78 bits per heavy atom. The van der Waals surface area contributed by atoms with Gasteiger partial charge in [-0.2, -0.15) is 28.2 Å². The summed E-state index contributed by atoms with van der Waals surface area (Å²) in [7, 11) is 0. The molecular weight excluding hydrogens is 311 g/mol. The topological polar surface area (TPSA) is 30.7 Å². The predicted octanol–water partition coefficient (Wildman–Crippen LogP) is 3.49. The van der Waals surface area contributed by atoms with Crippen molar-refractivity contribution in [3.8, 4) is 5.69 Å². The van der Waals surface area contributed by atoms with Crippen LogP contribution in [0, 0.1) is 6.92 Å². The van der Waals surface area contributed by atoms with Gasteiger partial charge in [-0.15, -0.1) is 0 Å². The maximum absolute atomic E-state index is 12.4. The van der Waals surface area contributed by atoms with E-state index in [4.69, 9.17) is 0 Å². The van der Waals surface area contributed by atoms with Crippen LogP contribution < -0.4 is 0 Å². The van der Waals surface area contributed by atoms with Gasteiger partial charge in [-0.05, 0) is 31.2 Å². The highest BCUT2D eigenvalue weighted by Crippen LogP contribution is 2.29. The van der Waals surface area contributed by atoms with Crippen molar-refractivity contribution >= 4 is 15.9 Å². The van der Waals surface area contributed by atoms with Gasteiger partial charge in [-0.25, -0.2) is 0 Å². The van der Waals surface area contributed by atoms with E-state index in [-0.39, 0.29) is 0 Å². The van der Waals surface area contributed by atoms with E-state index in [0.29, 0.717) is 11.0 Å². The number of hydrogen-bond acceptors (Lipinski definition) is 2. The molecule has 0 fully saturated rings. The van der Waals surface area contributed by atoms with Gasteiger partial charge in [-0.1, -0.05) is 15.9 Å². The molecule has 0 saturated carbocycles. The lowest BCUT2D eigenvalue weighted by Crippen LogP contribution is -2.06. The van der Waals surface area contributed by atoms with Gasteiger partial charge in [-0.3, -0.25) is 0 Å². The Hall–Kier alpha value is -1.37. The van der Waals surface area contributed by atoms with E-state index in [0.717, 1.165) is 23.5 Å². The second kappa shape index (κ2) is 4.72. The number of nitrogens with zero attached hydrogens (tertiary/aromatic N) is 3. The molecule has 7 heteroatoms. The average Bonchev–Trinajstić information content (AvgIpc) is 2.69. The molecule has 1 aromatic heterocycles. The third-order valence-corrected chi connectivity index (χ3v) is 2.96. The molecule has 0 spiro atoms. The Labute approximate surface area is 110 Å². The summed E-state index contributed by atoms with van der Waals surface area (Å²) in [4.78, 5) is 1.33. The quantitative estimate of drug-likeness (QED) is 0.793. The third-order valence-electron chi connectivity index (χ3n) is 2.43. The Morgan fingerprint density at radius 3 is 2.22 bits per heavy atom. The van der Waals surface area contributed by atoms with Crippen molar-refractivity contribution in [1.82, 2.24) is 15.0 Å². The van der Waals surface area contributed by atoms with Gasteiger partial charge in [0, 0.05) is 5.33 Å². The first-order valence-electron chi connectivity index (χ1n) is 5.08. The van der Waals surface area contributed by atoms with Gasteiger partial charge < -0.3 is 0 Å². The normalized spacial score (nSPS) is 11.8. The number of hydrogen-bond donors (Lipinski definition) is 0. The molecule has 0 amide bonds. The number of alkyl halides is 4. The molecule has 96 valence electrons. The Morgan fingerprint density at radius 1 is 1.17 bits per heavy atom. The molecule has 0 aliphatic heterocycles. The highest BCUT2D eigenvalue weighted by Gasteiger charge is 2.30. The summed E-state index contributed by atoms with van der Waals surface area (Å²) in [5.74, 6) is 0. The standard InChI is InChI=1S/C11H9BrF3N3/c1-7-10(6-12)17-18(16-7)9-4-2-8(3-5-9)11(13,14)15/h2-5H,6H2,1H3. The molecule has 1 aromatic carbocycles. The van der Waals surface area contributed by atoms with Crippen LogP contribution in [0.15, 0.2) is 24.3 Å². The lowest BCUT2D eigenvalue weighted by Gasteiger charge is -2.06. The summed E-state index contributed by atoms with van der Waals surface area (Å²) in [5.41, 5.74) is 1.32. The zero-order valence-electron chi connectivity index (χ0n) is 9.37. The summed E-state index contributed by atoms with van der Waals surface area (Å²) < 4.78 is 37.2. The van der Waals surface area contributed by atoms with E-state index < -0.39 is 11.7 Å². The van der Waals surface area contributed by atoms with Crippen molar-refractivity contribution in [3.05, 3.63) is 41.2 Å². The van der Waals surface area contributed by atoms with Gasteiger partial charge in [0.05, 0.1) is 22.6 Å². The van der Waals surface area contributed by atoms with Gasteiger partial charge in [0.25, 0.3) is 0 Å². The Balaban J connectivity index is 2.34. The number of benzene rings is 1. The Bertz CT molecular complexity index is 546. The van der Waals surface area contributed by atoms with E-state index in [9.17, 15) is 13.2 Å². The fraction of sp³-hybridized carbons (Fsp3) is 0.273. The monoisotopic (exact) mass is 319 g/mol. The van der Waals surface area contributed by atoms with Crippen LogP contribution >= 0.6 is 15.9 Å². The summed E-state index contributed by atoms with van der Waals surface area (Å²) in [6.07, 6.45) is -4.33. The van der Waals surface area contributed by atoms with E-state index in [2.05, 4.69) is 26.1 Å². The number of halogens is 4. The highest BCUT2D eigenvalue weighted by atomic mass is 79.9. The van der Waals surface area contributed by atoms with Crippen LogP contribution in [0.5, 0.6) is 0 Å². The van der Waals surface area contributed by atoms with Crippen LogP contribution in [0.2, 0.25) is 0 Å². The van der Waals surface area contributed by atoms with Crippen molar-refractivity contribution in [3.63, 3.8) is 0 Å². The van der Waals surface area contributed by atoms with Gasteiger partial charge in [0.1, 0.15) is 0 Å². The molecule has 2 rings (SSSR count). The molecular formula is C11H9BrF3N3. The zero-order valence-corrected chi connectivity index (χ0v) is 11.0. The lowest BCUT2D eigenvalue weighted by atomic mass is 10.2. The van der Waals surface area contributed by atoms with Crippen molar-refractivity contribution in [2.24, 2.45) is 0 Å². The van der Waals surface area contributed by atoms with Crippen LogP contribution in [0.25, 0.3) is 5.69 Å². The average molecular weight is 320 g/mol. The second-order valence-corrected chi connectivity index (χ2v) is 4.26. The number of rotatable bonds is 2. The molecule has 2 aromatic rings. The molecule has 0 atom stereocenters. The van der Waals surface area contributed by atoms with Crippen LogP contribution in [-0.4, -0.2) is 15.0 Å². The van der Waals surface area contributed by atoms with Crippen LogP contribution in [0.3, 0.4) is 0 Å². The third kappa shape index (κ3) is 2.55. The first-order chi connectivity index (χ1) is 8.41. The molecule has 3 nitrogen and oxygen atoms in total. The van der Waals surface area contributed by atoms with Gasteiger partial charge >= 0.3 is 6.18 Å². The largest absolute Gasteiger partial charge is 0.416 e. The van der Waals surface area contributed by atoms with Crippen LogP contribution in [-0.2, 0) is 11.5 Å². The molecule has 0 aliphatic rings. The molecule has 18 heavy (non-hydrogen) atoms. The number of aromatic nitrogens is 3. The molecule has 0 bridgehead atoms. The predicted molar refractivity (Wildman–Crippen MR) is 63.7 cm³/mol. The fourth-order valence-electron chi connectivity index (χ4n) is 1.43. The zero-order chi connectivity index (χ0) is 13.3. The molecule has 1 heterocycles. The SMILES string of the molecule is Cc1nn(-c2ccc(C(F)(F)F)cc2)nc1CBr. The summed E-state index contributed by atoms with van der Waals surface area (Å²) in [6, 6.07) is 4.73. The van der Waals surface area contributed by atoms with Crippen molar-refractivity contribution in [2.45, 2.75) is 18.4 Å². The maximum atomic E-state index is 12.4. The minimum absolute atomic E-state index is 0.498. The summed E-state index contributed by atoms with van der Waals surface area (Å²) in [6.45, 7) is 1.80. The number of aryl methyl sites for hydroxylation is 1. The molecule has 0 saturated heterocycles. The van der Waals surface area contributed by atoms with Crippen molar-refractivity contribution < 1.29 is 13.2 Å². The second-order valence-electron chi connectivity index (χ2n) is 3.70. The summed E-state index contributed by atoms with van der Waals surface area (Å²) in [5, 5.41) is 8.86. The first kappa shape index (κ1) is 13.1. The molecule has 0 N–H and O–H groups in total. The van der Waals surface area contributed by atoms with Crippen molar-refractivity contribution in [2.75, 3.05) is 0 Å². The lowest BCUT2D eigenvalue weighted by molar-refractivity contribution is -0.137. The minimum Gasteiger partial charge on any atom is -0.166 e. The smallest absolute Gasteiger partial charge is 0.166 e. The van der Waals surface area contributed by atoms with E-state index in [1.807, 2.05) is 0 Å². The van der Waals surface area contributed by atoms with Crippen LogP contribution in [0.1, 0.15) is 17.0 Å². The Kier molecular flexibility index (Phi) is 3.43. The van der Waals surface area contributed by atoms with Gasteiger partial charge in [0.15, 0.2) is 0 Å². The minimum atomic E-state index is -4.33. The van der Waals surface area contributed by atoms with E-state index >= 15 is 0 Å². The maximum Gasteiger partial charge on any atom is 0.416 e. The van der Waals surface area contributed by atoms with E-state index in [1.165, 1.54) is 16.9 Å².